The van der Waals surface area contributed by atoms with Crippen LogP contribution in [-0.4, -0.2) is 44.7 Å². The van der Waals surface area contributed by atoms with Gasteiger partial charge in [-0.3, -0.25) is 14.4 Å². The van der Waals surface area contributed by atoms with Gasteiger partial charge < -0.3 is 5.32 Å². The van der Waals surface area contributed by atoms with E-state index in [2.05, 4.69) is 44.6 Å². The molecule has 0 saturated carbocycles. The maximum absolute atomic E-state index is 12.7. The molecule has 0 spiro atoms. The molecule has 1 N–H and O–H groups in total. The van der Waals surface area contributed by atoms with E-state index in [1.165, 1.54) is 18.3 Å². The second-order valence-electron chi connectivity index (χ2n) is 6.67. The topological polar surface area (TPSA) is 63.1 Å². The van der Waals surface area contributed by atoms with Crippen LogP contribution in [0.25, 0.3) is 0 Å². The third-order valence-corrected chi connectivity index (χ3v) is 5.31. The second-order valence-corrected chi connectivity index (χ2v) is 6.67. The first kappa shape index (κ1) is 15.3. The van der Waals surface area contributed by atoms with Crippen LogP contribution in [0, 0.1) is 5.92 Å². The number of aromatic nitrogens is 3. The van der Waals surface area contributed by atoms with Crippen LogP contribution in [0.5, 0.6) is 0 Å². The van der Waals surface area contributed by atoms with Crippen LogP contribution in [0.4, 0.5) is 0 Å². The van der Waals surface area contributed by atoms with Crippen LogP contribution in [0.2, 0.25) is 0 Å². The van der Waals surface area contributed by atoms with Gasteiger partial charge in [-0.25, -0.2) is 4.98 Å². The first-order chi connectivity index (χ1) is 11.8. The maximum atomic E-state index is 12.7. The van der Waals surface area contributed by atoms with E-state index in [0.29, 0.717) is 25.2 Å². The van der Waals surface area contributed by atoms with Gasteiger partial charge in [-0.1, -0.05) is 30.3 Å². The number of rotatable bonds is 5. The maximum Gasteiger partial charge on any atom is 0.224 e. The molecule has 4 rings (SSSR count). The molecule has 1 aromatic heterocycles. The highest BCUT2D eigenvalue weighted by Gasteiger charge is 2.46. The molecule has 1 amide bonds. The van der Waals surface area contributed by atoms with Gasteiger partial charge in [-0.15, -0.1) is 0 Å². The molecule has 2 saturated heterocycles. The van der Waals surface area contributed by atoms with Crippen molar-refractivity contribution in [3.8, 4) is 0 Å². The first-order valence-electron chi connectivity index (χ1n) is 8.74. The number of benzene rings is 1. The molecule has 0 aliphatic carbocycles. The summed E-state index contributed by atoms with van der Waals surface area (Å²) < 4.78 is 1.74. The lowest BCUT2D eigenvalue weighted by Gasteiger charge is -2.24. The summed E-state index contributed by atoms with van der Waals surface area (Å²) in [4.78, 5) is 19.2. The molecule has 0 radical (unpaired) electrons. The minimum atomic E-state index is 0.0912. The quantitative estimate of drug-likeness (QED) is 0.907. The molecule has 24 heavy (non-hydrogen) atoms. The predicted octanol–water partition coefficient (Wildman–Crippen LogP) is 1.62. The van der Waals surface area contributed by atoms with Gasteiger partial charge in [0.05, 0.1) is 12.5 Å². The number of carbonyl (C=O) groups excluding carboxylic acids is 1. The van der Waals surface area contributed by atoms with Gasteiger partial charge in [-0.05, 0) is 31.4 Å². The van der Waals surface area contributed by atoms with E-state index < -0.39 is 0 Å². The fraction of sp³-hybridized carbons (Fsp3) is 0.500. The first-order valence-corrected chi connectivity index (χ1v) is 8.74. The Balaban J connectivity index is 1.40. The summed E-state index contributed by atoms with van der Waals surface area (Å²) in [6, 6.07) is 11.4. The van der Waals surface area contributed by atoms with Crippen molar-refractivity contribution in [2.24, 2.45) is 5.92 Å². The lowest BCUT2D eigenvalue weighted by molar-refractivity contribution is -0.125. The Hall–Kier alpha value is -2.21. The summed E-state index contributed by atoms with van der Waals surface area (Å²) in [5, 5.41) is 7.15. The second kappa shape index (κ2) is 6.73. The van der Waals surface area contributed by atoms with Crippen LogP contribution in [0.15, 0.2) is 43.0 Å². The number of nitrogens with one attached hydrogen (secondary N) is 1. The summed E-state index contributed by atoms with van der Waals surface area (Å²) in [5.41, 5.74) is 1.34. The van der Waals surface area contributed by atoms with Crippen molar-refractivity contribution >= 4 is 5.91 Å². The van der Waals surface area contributed by atoms with E-state index in [0.717, 1.165) is 19.4 Å². The zero-order chi connectivity index (χ0) is 16.4. The van der Waals surface area contributed by atoms with Crippen LogP contribution in [-0.2, 0) is 11.3 Å². The highest BCUT2D eigenvalue weighted by atomic mass is 16.2. The predicted molar refractivity (Wildman–Crippen MR) is 90.0 cm³/mol. The third-order valence-electron chi connectivity index (χ3n) is 5.31. The molecule has 3 heterocycles. The number of carbonyl (C=O) groups is 1. The summed E-state index contributed by atoms with van der Waals surface area (Å²) in [7, 11) is 0. The molecular weight excluding hydrogens is 302 g/mol. The van der Waals surface area contributed by atoms with Crippen molar-refractivity contribution in [2.75, 3.05) is 13.1 Å². The van der Waals surface area contributed by atoms with Crippen molar-refractivity contribution < 1.29 is 4.79 Å². The number of nitrogens with zero attached hydrogens (tertiary/aromatic N) is 4. The SMILES string of the molecule is O=C(NCCn1cncn1)[C@@H]1C[C@H](c2ccccc2)N2CCC[C@@H]12. The molecule has 0 unspecified atom stereocenters. The molecular formula is C18H23N5O. The number of hydrogen-bond acceptors (Lipinski definition) is 4. The van der Waals surface area contributed by atoms with Crippen molar-refractivity contribution in [2.45, 2.75) is 37.9 Å². The van der Waals surface area contributed by atoms with E-state index in [9.17, 15) is 4.79 Å². The largest absolute Gasteiger partial charge is 0.354 e. The molecule has 6 nitrogen and oxygen atoms in total. The standard InChI is InChI=1S/C18H23N5O/c24-18(20-8-10-22-13-19-12-21-22)15-11-17(14-5-2-1-3-6-14)23-9-4-7-16(15)23/h1-3,5-6,12-13,15-17H,4,7-11H2,(H,20,24)/t15-,16+,17-/m1/s1. The fourth-order valence-electron chi connectivity index (χ4n) is 4.22. The summed E-state index contributed by atoms with van der Waals surface area (Å²) in [6.45, 7) is 2.36. The molecule has 2 aliphatic heterocycles. The van der Waals surface area contributed by atoms with Gasteiger partial charge in [0.1, 0.15) is 12.7 Å². The van der Waals surface area contributed by atoms with Gasteiger partial charge in [0.2, 0.25) is 5.91 Å². The molecule has 2 fully saturated rings. The van der Waals surface area contributed by atoms with Gasteiger partial charge in [-0.2, -0.15) is 5.10 Å². The van der Waals surface area contributed by atoms with E-state index in [4.69, 9.17) is 0 Å². The molecule has 6 heteroatoms. The number of amides is 1. The monoisotopic (exact) mass is 325 g/mol. The Morgan fingerprint density at radius 2 is 2.17 bits per heavy atom. The zero-order valence-corrected chi connectivity index (χ0v) is 13.7. The summed E-state index contributed by atoms with van der Waals surface area (Å²) in [6.07, 6.45) is 6.43. The molecule has 126 valence electrons. The molecule has 0 bridgehead atoms. The van der Waals surface area contributed by atoms with E-state index in [1.807, 2.05) is 6.07 Å². The van der Waals surface area contributed by atoms with E-state index in [-0.39, 0.29) is 11.8 Å². The van der Waals surface area contributed by atoms with E-state index >= 15 is 0 Å². The summed E-state index contributed by atoms with van der Waals surface area (Å²) >= 11 is 0. The smallest absolute Gasteiger partial charge is 0.224 e. The van der Waals surface area contributed by atoms with E-state index in [1.54, 1.807) is 11.0 Å². The van der Waals surface area contributed by atoms with Gasteiger partial charge in [0.15, 0.2) is 0 Å². The molecule has 2 aliphatic rings. The average molecular weight is 325 g/mol. The van der Waals surface area contributed by atoms with Crippen molar-refractivity contribution in [3.63, 3.8) is 0 Å². The highest BCUT2D eigenvalue weighted by Crippen LogP contribution is 2.44. The normalized spacial score (nSPS) is 26.4. The molecule has 3 atom stereocenters. The van der Waals surface area contributed by atoms with Gasteiger partial charge in [0, 0.05) is 18.6 Å². The zero-order valence-electron chi connectivity index (χ0n) is 13.7. The minimum absolute atomic E-state index is 0.0912. The molecule has 2 aromatic rings. The van der Waals surface area contributed by atoms with Crippen molar-refractivity contribution in [1.82, 2.24) is 25.0 Å². The highest BCUT2D eigenvalue weighted by molar-refractivity contribution is 5.80. The number of hydrogen-bond donors (Lipinski definition) is 1. The Labute approximate surface area is 141 Å². The fourth-order valence-corrected chi connectivity index (χ4v) is 4.22. The van der Waals surface area contributed by atoms with Crippen LogP contribution >= 0.6 is 0 Å². The van der Waals surface area contributed by atoms with Crippen LogP contribution in [0.1, 0.15) is 30.9 Å². The lowest BCUT2D eigenvalue weighted by atomic mass is 9.93. The Morgan fingerprint density at radius 3 is 2.96 bits per heavy atom. The Bertz CT molecular complexity index is 672. The van der Waals surface area contributed by atoms with Gasteiger partial charge in [0.25, 0.3) is 0 Å². The summed E-state index contributed by atoms with van der Waals surface area (Å²) in [5.74, 6) is 0.277. The Kier molecular flexibility index (Phi) is 4.30. The average Bonchev–Trinajstić information content (AvgIpc) is 3.33. The van der Waals surface area contributed by atoms with Crippen LogP contribution in [0.3, 0.4) is 0 Å². The minimum Gasteiger partial charge on any atom is -0.354 e. The molecule has 1 aromatic carbocycles. The Morgan fingerprint density at radius 1 is 1.29 bits per heavy atom. The van der Waals surface area contributed by atoms with Crippen molar-refractivity contribution in [1.29, 1.82) is 0 Å². The van der Waals surface area contributed by atoms with Gasteiger partial charge >= 0.3 is 0 Å². The van der Waals surface area contributed by atoms with Crippen molar-refractivity contribution in [3.05, 3.63) is 48.5 Å². The lowest BCUT2D eigenvalue weighted by Crippen LogP contribution is -2.38. The van der Waals surface area contributed by atoms with Crippen LogP contribution < -0.4 is 5.32 Å². The number of fused-ring (bicyclic) bond motifs is 1. The third kappa shape index (κ3) is 2.94.